The van der Waals surface area contributed by atoms with Gasteiger partial charge in [-0.25, -0.2) is 0 Å². The van der Waals surface area contributed by atoms with E-state index in [0.29, 0.717) is 12.8 Å². The molecule has 1 N–H and O–H groups in total. The highest BCUT2D eigenvalue weighted by atomic mass is 16.6. The third kappa shape index (κ3) is 60.1. The molecule has 0 radical (unpaired) electrons. The Bertz CT molecular complexity index is 1210. The zero-order valence-corrected chi connectivity index (χ0v) is 47.5. The monoisotopic (exact) mass is 993 g/mol. The average molecular weight is 994 g/mol. The lowest BCUT2D eigenvalue weighted by Gasteiger charge is -2.15. The fourth-order valence-electron chi connectivity index (χ4n) is 9.37. The molecule has 0 aromatic carbocycles. The van der Waals surface area contributed by atoms with Crippen LogP contribution < -0.4 is 0 Å². The van der Waals surface area contributed by atoms with Gasteiger partial charge >= 0.3 is 11.9 Å². The van der Waals surface area contributed by atoms with Gasteiger partial charge in [-0.15, -0.1) is 0 Å². The molecule has 0 saturated carbocycles. The maximum atomic E-state index is 12.3. The van der Waals surface area contributed by atoms with Crippen LogP contribution in [0.1, 0.15) is 328 Å². The van der Waals surface area contributed by atoms with Gasteiger partial charge in [0.2, 0.25) is 0 Å². The van der Waals surface area contributed by atoms with Gasteiger partial charge in [0.1, 0.15) is 6.61 Å². The van der Waals surface area contributed by atoms with Crippen LogP contribution in [-0.4, -0.2) is 36.4 Å². The van der Waals surface area contributed by atoms with Gasteiger partial charge in [0.15, 0.2) is 6.10 Å². The number of unbranched alkanes of at least 4 members (excludes halogenated alkanes) is 40. The van der Waals surface area contributed by atoms with Crippen LogP contribution in [0.15, 0.2) is 60.8 Å². The first-order valence-corrected chi connectivity index (χ1v) is 31.3. The molecular formula is C66H120O5. The molecule has 1 unspecified atom stereocenters. The van der Waals surface area contributed by atoms with Gasteiger partial charge in [-0.05, 0) is 77.0 Å². The minimum atomic E-state index is -0.772. The molecule has 0 heterocycles. The molecule has 0 aliphatic rings. The van der Waals surface area contributed by atoms with E-state index in [2.05, 4.69) is 74.6 Å². The largest absolute Gasteiger partial charge is 0.462 e. The van der Waals surface area contributed by atoms with E-state index < -0.39 is 6.10 Å². The summed E-state index contributed by atoms with van der Waals surface area (Å²) in [6, 6.07) is 0. The first-order chi connectivity index (χ1) is 35.1. The van der Waals surface area contributed by atoms with Gasteiger partial charge in [-0.1, -0.05) is 299 Å². The minimum absolute atomic E-state index is 0.0640. The highest BCUT2D eigenvalue weighted by molar-refractivity contribution is 5.70. The van der Waals surface area contributed by atoms with Crippen molar-refractivity contribution >= 4 is 11.9 Å². The Kier molecular flexibility index (Phi) is 59.8. The van der Waals surface area contributed by atoms with Crippen molar-refractivity contribution in [2.24, 2.45) is 0 Å². The van der Waals surface area contributed by atoms with Crippen LogP contribution in [-0.2, 0) is 19.1 Å². The van der Waals surface area contributed by atoms with Gasteiger partial charge in [0, 0.05) is 12.8 Å². The van der Waals surface area contributed by atoms with Crippen molar-refractivity contribution in [3.05, 3.63) is 60.8 Å². The Labute approximate surface area is 442 Å². The van der Waals surface area contributed by atoms with Crippen LogP contribution in [0.4, 0.5) is 0 Å². The molecule has 0 amide bonds. The van der Waals surface area contributed by atoms with Crippen molar-refractivity contribution in [3.63, 3.8) is 0 Å². The van der Waals surface area contributed by atoms with Crippen LogP contribution >= 0.6 is 0 Å². The van der Waals surface area contributed by atoms with E-state index in [-0.39, 0.29) is 25.2 Å². The number of ether oxygens (including phenoxy) is 2. The minimum Gasteiger partial charge on any atom is -0.462 e. The predicted octanol–water partition coefficient (Wildman–Crippen LogP) is 21.4. The maximum Gasteiger partial charge on any atom is 0.306 e. The number of esters is 2. The lowest BCUT2D eigenvalue weighted by atomic mass is 10.0. The Hall–Kier alpha value is -2.40. The number of allylic oxidation sites excluding steroid dienone is 10. The topological polar surface area (TPSA) is 72.8 Å². The number of carbonyl (C=O) groups excluding carboxylic acids is 2. The molecule has 0 bridgehead atoms. The van der Waals surface area contributed by atoms with E-state index in [9.17, 15) is 14.7 Å². The molecule has 0 aliphatic heterocycles. The Morgan fingerprint density at radius 3 is 0.930 bits per heavy atom. The number of carbonyl (C=O) groups is 2. The smallest absolute Gasteiger partial charge is 0.306 e. The lowest BCUT2D eigenvalue weighted by Crippen LogP contribution is -2.28. The van der Waals surface area contributed by atoms with Gasteiger partial charge in [0.05, 0.1) is 6.61 Å². The molecule has 0 rings (SSSR count). The summed E-state index contributed by atoms with van der Waals surface area (Å²) >= 11 is 0. The molecule has 0 aromatic rings. The van der Waals surface area contributed by atoms with E-state index in [0.717, 1.165) is 64.2 Å². The van der Waals surface area contributed by atoms with E-state index in [1.54, 1.807) is 0 Å². The zero-order valence-electron chi connectivity index (χ0n) is 47.5. The summed E-state index contributed by atoms with van der Waals surface area (Å²) in [7, 11) is 0. The second kappa shape index (κ2) is 61.9. The van der Waals surface area contributed by atoms with Crippen molar-refractivity contribution in [1.82, 2.24) is 0 Å². The first-order valence-electron chi connectivity index (χ1n) is 31.3. The highest BCUT2D eigenvalue weighted by Crippen LogP contribution is 2.18. The van der Waals surface area contributed by atoms with E-state index in [1.165, 1.54) is 238 Å². The van der Waals surface area contributed by atoms with Crippen molar-refractivity contribution in [1.29, 1.82) is 0 Å². The molecule has 0 spiro atoms. The molecular weight excluding hydrogens is 873 g/mol. The van der Waals surface area contributed by atoms with Crippen molar-refractivity contribution < 1.29 is 24.2 Å². The third-order valence-corrected chi connectivity index (χ3v) is 14.0. The molecule has 0 saturated heterocycles. The van der Waals surface area contributed by atoms with Gasteiger partial charge in [-0.3, -0.25) is 9.59 Å². The summed E-state index contributed by atoms with van der Waals surface area (Å²) in [4.78, 5) is 24.5. The molecule has 71 heavy (non-hydrogen) atoms. The van der Waals surface area contributed by atoms with Crippen LogP contribution in [0.25, 0.3) is 0 Å². The summed E-state index contributed by atoms with van der Waals surface area (Å²) in [6.07, 6.45) is 83.8. The zero-order chi connectivity index (χ0) is 51.3. The molecule has 1 atom stereocenters. The number of rotatable bonds is 58. The number of aliphatic hydroxyl groups excluding tert-OH is 1. The average Bonchev–Trinajstić information content (AvgIpc) is 3.37. The Morgan fingerprint density at radius 1 is 0.338 bits per heavy atom. The van der Waals surface area contributed by atoms with E-state index in [4.69, 9.17) is 9.47 Å². The molecule has 0 aliphatic carbocycles. The van der Waals surface area contributed by atoms with Crippen molar-refractivity contribution in [2.75, 3.05) is 13.2 Å². The van der Waals surface area contributed by atoms with Gasteiger partial charge in [-0.2, -0.15) is 0 Å². The van der Waals surface area contributed by atoms with Crippen LogP contribution in [0, 0.1) is 0 Å². The normalized spacial score (nSPS) is 12.5. The second-order valence-corrected chi connectivity index (χ2v) is 21.1. The maximum absolute atomic E-state index is 12.3. The molecule has 414 valence electrons. The number of hydrogen-bond donors (Lipinski definition) is 1. The van der Waals surface area contributed by atoms with Gasteiger partial charge < -0.3 is 14.6 Å². The quantitative estimate of drug-likeness (QED) is 0.0373. The third-order valence-electron chi connectivity index (χ3n) is 14.0. The summed E-state index contributed by atoms with van der Waals surface area (Å²) in [5.74, 6) is -0.579. The van der Waals surface area contributed by atoms with Crippen LogP contribution in [0.2, 0.25) is 0 Å². The SMILES string of the molecule is CC/C=C\C/C=C\C/C=C\C/C=C\CCCCCCCCCCCCCCCCCCCCCCCCCCCCC(=O)OC(CO)COC(=O)CCCCCCCCC/C=C\CCCCCCCCC. The summed E-state index contributed by atoms with van der Waals surface area (Å²) in [5, 5.41) is 9.66. The molecule has 0 aromatic heterocycles. The van der Waals surface area contributed by atoms with Crippen molar-refractivity contribution in [2.45, 2.75) is 335 Å². The first kappa shape index (κ1) is 68.6. The summed E-state index contributed by atoms with van der Waals surface area (Å²) in [6.45, 7) is 4.06. The second-order valence-electron chi connectivity index (χ2n) is 21.1. The standard InChI is InChI=1S/C66H120O5/c1-3-5-7-9-11-13-15-17-19-21-23-24-25-26-27-28-29-30-31-32-33-34-35-36-37-38-39-40-41-42-43-45-47-49-51-53-55-57-59-61-66(69)71-64(62-67)63-70-65(68)60-58-56-54-52-50-48-46-44-22-20-18-16-14-12-10-8-6-4-2/h5,7,11,13,17,19-20,22-24,64,67H,3-4,6,8-10,12,14-16,18,21,25-63H2,1-2H3/b7-5-,13-11-,19-17-,22-20-,24-23-. The fourth-order valence-corrected chi connectivity index (χ4v) is 9.37. The summed E-state index contributed by atoms with van der Waals surface area (Å²) in [5.41, 5.74) is 0. The van der Waals surface area contributed by atoms with Crippen LogP contribution in [0.5, 0.6) is 0 Å². The van der Waals surface area contributed by atoms with Gasteiger partial charge in [0.25, 0.3) is 0 Å². The number of aliphatic hydroxyl groups is 1. The molecule has 5 heteroatoms. The number of hydrogen-bond acceptors (Lipinski definition) is 5. The van der Waals surface area contributed by atoms with Crippen LogP contribution in [0.3, 0.4) is 0 Å². The molecule has 5 nitrogen and oxygen atoms in total. The lowest BCUT2D eigenvalue weighted by molar-refractivity contribution is -0.161. The van der Waals surface area contributed by atoms with Crippen molar-refractivity contribution in [3.8, 4) is 0 Å². The van der Waals surface area contributed by atoms with E-state index in [1.807, 2.05) is 0 Å². The van der Waals surface area contributed by atoms with E-state index >= 15 is 0 Å². The predicted molar refractivity (Wildman–Crippen MR) is 311 cm³/mol. The highest BCUT2D eigenvalue weighted by Gasteiger charge is 2.16. The Balaban J connectivity index is 3.39. The summed E-state index contributed by atoms with van der Waals surface area (Å²) < 4.78 is 10.7. The fraction of sp³-hybridized carbons (Fsp3) is 0.818. The molecule has 0 fully saturated rings. The Morgan fingerprint density at radius 2 is 0.606 bits per heavy atom.